The fourth-order valence-electron chi connectivity index (χ4n) is 9.26. The molecule has 4 aliphatic rings. The Hall–Kier alpha value is -1.10. The maximum absolute atomic E-state index is 12.1. The van der Waals surface area contributed by atoms with E-state index in [2.05, 4.69) is 33.8 Å². The quantitative estimate of drug-likeness (QED) is 0.358. The highest BCUT2D eigenvalue weighted by Gasteiger charge is 2.59. The molecule has 8 atom stereocenters. The number of ketones is 1. The Morgan fingerprint density at radius 1 is 1.09 bits per heavy atom. The van der Waals surface area contributed by atoms with Crippen LogP contribution in [0.5, 0.6) is 0 Å². The summed E-state index contributed by atoms with van der Waals surface area (Å²) in [5.41, 5.74) is 2.18. The highest BCUT2D eigenvalue weighted by atomic mass is 16.1. The standard InChI is InChI=1S/C30H47NO/c1-5-6-7-8-21(2)19-22(15-18-31)26-11-12-27-25-10-9-23-20-24(32)13-16-29(23,3)28(25)14-17-30(26,27)4/h20-22,25-28H,5-17,19H2,1-4H3/t21-,22+,25?,26?,27?,28?,29+,30-/m1/s1. The van der Waals surface area contributed by atoms with E-state index in [9.17, 15) is 10.1 Å². The first kappa shape index (κ1) is 24.0. The van der Waals surface area contributed by atoms with E-state index in [4.69, 9.17) is 0 Å². The summed E-state index contributed by atoms with van der Waals surface area (Å²) in [6.07, 6.45) is 19.0. The Morgan fingerprint density at radius 3 is 2.66 bits per heavy atom. The summed E-state index contributed by atoms with van der Waals surface area (Å²) < 4.78 is 0. The van der Waals surface area contributed by atoms with Crippen molar-refractivity contribution in [1.82, 2.24) is 0 Å². The lowest BCUT2D eigenvalue weighted by molar-refractivity contribution is -0.117. The van der Waals surface area contributed by atoms with E-state index >= 15 is 0 Å². The molecule has 0 spiro atoms. The van der Waals surface area contributed by atoms with Crippen molar-refractivity contribution in [3.05, 3.63) is 11.6 Å². The molecule has 4 rings (SSSR count). The minimum absolute atomic E-state index is 0.274. The van der Waals surface area contributed by atoms with Gasteiger partial charge in [0.2, 0.25) is 0 Å². The zero-order chi connectivity index (χ0) is 22.9. The van der Waals surface area contributed by atoms with Crippen LogP contribution in [0.3, 0.4) is 0 Å². The number of fused-ring (bicyclic) bond motifs is 5. The van der Waals surface area contributed by atoms with E-state index in [0.29, 0.717) is 17.1 Å². The van der Waals surface area contributed by atoms with Gasteiger partial charge in [0.15, 0.2) is 5.78 Å². The van der Waals surface area contributed by atoms with Gasteiger partial charge in [-0.25, -0.2) is 0 Å². The van der Waals surface area contributed by atoms with E-state index in [-0.39, 0.29) is 5.41 Å². The predicted octanol–water partition coefficient (Wildman–Crippen LogP) is 8.27. The average Bonchev–Trinajstić information content (AvgIpc) is 3.11. The summed E-state index contributed by atoms with van der Waals surface area (Å²) in [6.45, 7) is 9.84. The van der Waals surface area contributed by atoms with Gasteiger partial charge in [0.25, 0.3) is 0 Å². The maximum atomic E-state index is 12.1. The number of unbranched alkanes of at least 4 members (excludes halogenated alkanes) is 2. The van der Waals surface area contributed by atoms with Gasteiger partial charge in [0.1, 0.15) is 0 Å². The Labute approximate surface area is 197 Å². The van der Waals surface area contributed by atoms with Gasteiger partial charge in [0.05, 0.1) is 6.07 Å². The monoisotopic (exact) mass is 437 g/mol. The van der Waals surface area contributed by atoms with Gasteiger partial charge < -0.3 is 0 Å². The molecule has 0 aromatic carbocycles. The fraction of sp³-hybridized carbons (Fsp3) is 0.867. The van der Waals surface area contributed by atoms with Crippen molar-refractivity contribution >= 4 is 5.78 Å². The van der Waals surface area contributed by atoms with Crippen LogP contribution in [-0.2, 0) is 4.79 Å². The second-order valence-electron chi connectivity index (χ2n) is 12.7. The van der Waals surface area contributed by atoms with Crippen molar-refractivity contribution in [2.24, 2.45) is 46.3 Å². The zero-order valence-electron chi connectivity index (χ0n) is 21.3. The number of nitrogens with zero attached hydrogens (tertiary/aromatic N) is 1. The molecule has 0 aromatic rings. The van der Waals surface area contributed by atoms with Crippen LogP contribution in [0.1, 0.15) is 118 Å². The number of rotatable bonds is 8. The van der Waals surface area contributed by atoms with Gasteiger partial charge >= 0.3 is 0 Å². The fourth-order valence-corrected chi connectivity index (χ4v) is 9.26. The first-order valence-corrected chi connectivity index (χ1v) is 13.9. The van der Waals surface area contributed by atoms with E-state index in [0.717, 1.165) is 55.3 Å². The second-order valence-corrected chi connectivity index (χ2v) is 12.7. The maximum Gasteiger partial charge on any atom is 0.155 e. The van der Waals surface area contributed by atoms with Gasteiger partial charge in [0, 0.05) is 12.8 Å². The molecule has 0 amide bonds. The Bertz CT molecular complexity index is 761. The molecule has 32 heavy (non-hydrogen) atoms. The molecule has 0 aromatic heterocycles. The number of allylic oxidation sites excluding steroid dienone is 1. The second kappa shape index (κ2) is 9.64. The first-order chi connectivity index (χ1) is 15.3. The average molecular weight is 438 g/mol. The third kappa shape index (κ3) is 4.23. The van der Waals surface area contributed by atoms with Gasteiger partial charge in [-0.1, -0.05) is 59.0 Å². The topological polar surface area (TPSA) is 40.9 Å². The normalized spacial score (nSPS) is 40.5. The molecule has 0 bridgehead atoms. The van der Waals surface area contributed by atoms with E-state index < -0.39 is 0 Å². The summed E-state index contributed by atoms with van der Waals surface area (Å²) in [5.74, 6) is 4.88. The Kier molecular flexibility index (Phi) is 7.24. The molecule has 0 aliphatic heterocycles. The van der Waals surface area contributed by atoms with Gasteiger partial charge in [-0.2, -0.15) is 5.26 Å². The van der Waals surface area contributed by atoms with E-state index in [1.54, 1.807) is 0 Å². The molecule has 3 fully saturated rings. The molecule has 0 saturated heterocycles. The van der Waals surface area contributed by atoms with Crippen LogP contribution in [0.25, 0.3) is 0 Å². The van der Waals surface area contributed by atoms with Crippen LogP contribution in [0.4, 0.5) is 0 Å². The van der Waals surface area contributed by atoms with Crippen molar-refractivity contribution < 1.29 is 4.79 Å². The number of hydrogen-bond donors (Lipinski definition) is 0. The summed E-state index contributed by atoms with van der Waals surface area (Å²) in [5, 5.41) is 9.69. The third-order valence-electron chi connectivity index (χ3n) is 11.0. The summed E-state index contributed by atoms with van der Waals surface area (Å²) in [7, 11) is 0. The van der Waals surface area contributed by atoms with Crippen molar-refractivity contribution in [1.29, 1.82) is 5.26 Å². The first-order valence-electron chi connectivity index (χ1n) is 13.9. The third-order valence-corrected chi connectivity index (χ3v) is 11.0. The molecule has 4 unspecified atom stereocenters. The molecule has 0 heterocycles. The van der Waals surface area contributed by atoms with Crippen molar-refractivity contribution in [3.8, 4) is 6.07 Å². The molecular weight excluding hydrogens is 390 g/mol. The molecule has 2 heteroatoms. The van der Waals surface area contributed by atoms with Crippen molar-refractivity contribution in [3.63, 3.8) is 0 Å². The molecule has 0 N–H and O–H groups in total. The molecule has 3 saturated carbocycles. The minimum atomic E-state index is 0.274. The number of hydrogen-bond acceptors (Lipinski definition) is 2. The smallest absolute Gasteiger partial charge is 0.155 e. The number of carbonyl (C=O) groups excluding carboxylic acids is 1. The van der Waals surface area contributed by atoms with Crippen LogP contribution in [0.15, 0.2) is 11.6 Å². The van der Waals surface area contributed by atoms with Crippen LogP contribution >= 0.6 is 0 Å². The Morgan fingerprint density at radius 2 is 1.91 bits per heavy atom. The lowest BCUT2D eigenvalue weighted by atomic mass is 9.46. The van der Waals surface area contributed by atoms with E-state index in [1.165, 1.54) is 69.8 Å². The summed E-state index contributed by atoms with van der Waals surface area (Å²) >= 11 is 0. The van der Waals surface area contributed by atoms with Gasteiger partial charge in [-0.15, -0.1) is 0 Å². The summed E-state index contributed by atoms with van der Waals surface area (Å²) in [4.78, 5) is 12.1. The minimum Gasteiger partial charge on any atom is -0.295 e. The van der Waals surface area contributed by atoms with Crippen molar-refractivity contribution in [2.45, 2.75) is 118 Å². The van der Waals surface area contributed by atoms with Crippen molar-refractivity contribution in [2.75, 3.05) is 0 Å². The molecule has 178 valence electrons. The lowest BCUT2D eigenvalue weighted by Crippen LogP contribution is -2.51. The van der Waals surface area contributed by atoms with Crippen LogP contribution in [0.2, 0.25) is 0 Å². The molecular formula is C30H47NO. The lowest BCUT2D eigenvalue weighted by Gasteiger charge is -2.58. The zero-order valence-corrected chi connectivity index (χ0v) is 21.3. The van der Waals surface area contributed by atoms with Gasteiger partial charge in [-0.05, 0) is 104 Å². The van der Waals surface area contributed by atoms with Gasteiger partial charge in [-0.3, -0.25) is 4.79 Å². The highest BCUT2D eigenvalue weighted by molar-refractivity contribution is 5.91. The molecule has 0 radical (unpaired) electrons. The predicted molar refractivity (Wildman–Crippen MR) is 132 cm³/mol. The van der Waals surface area contributed by atoms with Crippen LogP contribution in [-0.4, -0.2) is 5.78 Å². The number of nitriles is 1. The SMILES string of the molecule is CCCCC[C@@H](C)C[C@H](CC#N)C1CCC2C3CCC4=CC(=O)CC[C@]4(C)C3CC[C@@]21C. The highest BCUT2D eigenvalue weighted by Crippen LogP contribution is 2.68. The molecule has 4 aliphatic carbocycles. The van der Waals surface area contributed by atoms with Crippen LogP contribution < -0.4 is 0 Å². The summed E-state index contributed by atoms with van der Waals surface area (Å²) in [6, 6.07) is 2.59. The van der Waals surface area contributed by atoms with E-state index in [1.807, 2.05) is 6.08 Å². The molecule has 2 nitrogen and oxygen atoms in total. The Balaban J connectivity index is 1.50. The van der Waals surface area contributed by atoms with Crippen LogP contribution in [0, 0.1) is 57.7 Å². The number of carbonyl (C=O) groups is 1. The largest absolute Gasteiger partial charge is 0.295 e.